The van der Waals surface area contributed by atoms with Crippen LogP contribution in [0, 0.1) is 0 Å². The van der Waals surface area contributed by atoms with Gasteiger partial charge in [0, 0.05) is 6.54 Å². The van der Waals surface area contributed by atoms with Crippen molar-refractivity contribution in [3.05, 3.63) is 0 Å². The van der Waals surface area contributed by atoms with Crippen molar-refractivity contribution in [2.45, 2.75) is 96.5 Å². The summed E-state index contributed by atoms with van der Waals surface area (Å²) in [5.41, 5.74) is 0. The summed E-state index contributed by atoms with van der Waals surface area (Å²) in [6, 6.07) is 0. The van der Waals surface area contributed by atoms with Crippen molar-refractivity contribution in [1.29, 1.82) is 0 Å². The van der Waals surface area contributed by atoms with Crippen LogP contribution in [0.3, 0.4) is 0 Å². The lowest BCUT2D eigenvalue weighted by atomic mass is 10.0. The molecule has 0 saturated carbocycles. The van der Waals surface area contributed by atoms with Crippen LogP contribution in [-0.2, 0) is 0 Å². The fourth-order valence-corrected chi connectivity index (χ4v) is 2.73. The van der Waals surface area contributed by atoms with E-state index in [1.807, 2.05) is 14.1 Å². The molecule has 0 spiro atoms. The summed E-state index contributed by atoms with van der Waals surface area (Å²) in [5.74, 6) is 0. The molecule has 1 N–H and O–H groups in total. The van der Waals surface area contributed by atoms with Crippen molar-refractivity contribution in [2.75, 3.05) is 20.6 Å². The van der Waals surface area contributed by atoms with E-state index in [0.717, 1.165) is 13.0 Å². The molecule has 122 valence electrons. The summed E-state index contributed by atoms with van der Waals surface area (Å²) in [5, 5.41) is 9.74. The largest absolute Gasteiger partial charge is 0.392 e. The van der Waals surface area contributed by atoms with Crippen molar-refractivity contribution in [3.8, 4) is 0 Å². The summed E-state index contributed by atoms with van der Waals surface area (Å²) < 4.78 is 0. The Morgan fingerprint density at radius 2 is 1.10 bits per heavy atom. The van der Waals surface area contributed by atoms with Crippen molar-refractivity contribution >= 4 is 0 Å². The van der Waals surface area contributed by atoms with Gasteiger partial charge >= 0.3 is 0 Å². The Morgan fingerprint density at radius 3 is 1.50 bits per heavy atom. The van der Waals surface area contributed by atoms with Crippen LogP contribution < -0.4 is 0 Å². The summed E-state index contributed by atoms with van der Waals surface area (Å²) in [7, 11) is 4.04. The summed E-state index contributed by atoms with van der Waals surface area (Å²) in [4.78, 5) is 2.06. The van der Waals surface area contributed by atoms with E-state index < -0.39 is 0 Å². The van der Waals surface area contributed by atoms with Gasteiger partial charge < -0.3 is 10.0 Å². The molecular weight excluding hydrogens is 246 g/mol. The van der Waals surface area contributed by atoms with E-state index >= 15 is 0 Å². The van der Waals surface area contributed by atoms with Gasteiger partial charge in [-0.25, -0.2) is 0 Å². The second-order valence-corrected chi connectivity index (χ2v) is 6.59. The summed E-state index contributed by atoms with van der Waals surface area (Å²) >= 11 is 0. The number of rotatable bonds is 15. The zero-order valence-electron chi connectivity index (χ0n) is 14.4. The van der Waals surface area contributed by atoms with Crippen LogP contribution in [0.25, 0.3) is 0 Å². The Kier molecular flexibility index (Phi) is 15.3. The molecule has 0 fully saturated rings. The smallest absolute Gasteiger partial charge is 0.0666 e. The molecule has 1 atom stereocenters. The van der Waals surface area contributed by atoms with E-state index in [4.69, 9.17) is 0 Å². The molecule has 0 aromatic carbocycles. The number of hydrogen-bond donors (Lipinski definition) is 1. The van der Waals surface area contributed by atoms with Gasteiger partial charge in [0.05, 0.1) is 6.10 Å². The second kappa shape index (κ2) is 15.3. The van der Waals surface area contributed by atoms with E-state index in [-0.39, 0.29) is 6.10 Å². The van der Waals surface area contributed by atoms with E-state index in [1.54, 1.807) is 0 Å². The predicted molar refractivity (Wildman–Crippen MR) is 90.3 cm³/mol. The molecule has 0 aromatic heterocycles. The van der Waals surface area contributed by atoms with Gasteiger partial charge in [0.15, 0.2) is 0 Å². The molecular formula is C18H39NO. The Morgan fingerprint density at radius 1 is 0.700 bits per heavy atom. The molecule has 2 heteroatoms. The Labute approximate surface area is 127 Å². The molecule has 2 nitrogen and oxygen atoms in total. The minimum atomic E-state index is -0.131. The van der Waals surface area contributed by atoms with Gasteiger partial charge in [0.1, 0.15) is 0 Å². The lowest BCUT2D eigenvalue weighted by Gasteiger charge is -2.15. The first-order chi connectivity index (χ1) is 9.66. The molecule has 0 amide bonds. The molecule has 0 aliphatic rings. The fourth-order valence-electron chi connectivity index (χ4n) is 2.73. The van der Waals surface area contributed by atoms with Crippen molar-refractivity contribution < 1.29 is 5.11 Å². The van der Waals surface area contributed by atoms with E-state index in [0.29, 0.717) is 0 Å². The highest BCUT2D eigenvalue weighted by Crippen LogP contribution is 2.13. The predicted octanol–water partition coefficient (Wildman–Crippen LogP) is 5.00. The number of unbranched alkanes of at least 4 members (excludes halogenated alkanes) is 11. The Balaban J connectivity index is 3.06. The third kappa shape index (κ3) is 16.0. The lowest BCUT2D eigenvalue weighted by Crippen LogP contribution is -2.25. The van der Waals surface area contributed by atoms with Gasteiger partial charge in [-0.3, -0.25) is 0 Å². The molecule has 0 heterocycles. The SMILES string of the molecule is CCCCCCCCCCCCCCC(O)CN(C)C. The fraction of sp³-hybridized carbons (Fsp3) is 1.00. The van der Waals surface area contributed by atoms with Crippen molar-refractivity contribution in [1.82, 2.24) is 4.90 Å². The molecule has 0 aliphatic carbocycles. The van der Waals surface area contributed by atoms with Gasteiger partial charge in [-0.2, -0.15) is 0 Å². The maximum atomic E-state index is 9.74. The average Bonchev–Trinajstić information content (AvgIpc) is 2.39. The molecule has 20 heavy (non-hydrogen) atoms. The van der Waals surface area contributed by atoms with E-state index in [9.17, 15) is 5.11 Å². The minimum absolute atomic E-state index is 0.131. The molecule has 0 bridgehead atoms. The molecule has 0 saturated heterocycles. The topological polar surface area (TPSA) is 23.5 Å². The highest BCUT2D eigenvalue weighted by atomic mass is 16.3. The first kappa shape index (κ1) is 19.9. The number of hydrogen-bond acceptors (Lipinski definition) is 2. The first-order valence-electron chi connectivity index (χ1n) is 8.99. The minimum Gasteiger partial charge on any atom is -0.392 e. The molecule has 0 aliphatic heterocycles. The molecule has 0 aromatic rings. The van der Waals surface area contributed by atoms with Crippen molar-refractivity contribution in [3.63, 3.8) is 0 Å². The van der Waals surface area contributed by atoms with Gasteiger partial charge in [0.25, 0.3) is 0 Å². The summed E-state index contributed by atoms with van der Waals surface area (Å²) in [6.45, 7) is 3.08. The maximum absolute atomic E-state index is 9.74. The maximum Gasteiger partial charge on any atom is 0.0666 e. The normalized spacial score (nSPS) is 13.1. The van der Waals surface area contributed by atoms with Crippen LogP contribution in [0.5, 0.6) is 0 Å². The highest BCUT2D eigenvalue weighted by molar-refractivity contribution is 4.59. The Bertz CT molecular complexity index is 182. The van der Waals surface area contributed by atoms with Crippen LogP contribution in [0.2, 0.25) is 0 Å². The second-order valence-electron chi connectivity index (χ2n) is 6.59. The number of likely N-dealkylation sites (N-methyl/N-ethyl adjacent to an activating group) is 1. The first-order valence-corrected chi connectivity index (χ1v) is 8.99. The van der Waals surface area contributed by atoms with Crippen LogP contribution >= 0.6 is 0 Å². The van der Waals surface area contributed by atoms with Crippen molar-refractivity contribution in [2.24, 2.45) is 0 Å². The molecule has 1 unspecified atom stereocenters. The van der Waals surface area contributed by atoms with Crippen LogP contribution in [0.15, 0.2) is 0 Å². The van der Waals surface area contributed by atoms with Crippen LogP contribution in [0.4, 0.5) is 0 Å². The number of nitrogens with zero attached hydrogens (tertiary/aromatic N) is 1. The van der Waals surface area contributed by atoms with Gasteiger partial charge in [-0.1, -0.05) is 84.0 Å². The molecule has 0 radical (unpaired) electrons. The number of aliphatic hydroxyl groups is 1. The van der Waals surface area contributed by atoms with E-state index in [2.05, 4.69) is 11.8 Å². The quantitative estimate of drug-likeness (QED) is 0.428. The summed E-state index contributed by atoms with van der Waals surface area (Å²) in [6.07, 6.45) is 17.4. The lowest BCUT2D eigenvalue weighted by molar-refractivity contribution is 0.125. The average molecular weight is 286 g/mol. The van der Waals surface area contributed by atoms with Gasteiger partial charge in [-0.05, 0) is 20.5 Å². The van der Waals surface area contributed by atoms with Crippen LogP contribution in [-0.4, -0.2) is 36.8 Å². The zero-order valence-corrected chi connectivity index (χ0v) is 14.4. The highest BCUT2D eigenvalue weighted by Gasteiger charge is 2.04. The number of aliphatic hydroxyl groups excluding tert-OH is 1. The van der Waals surface area contributed by atoms with E-state index in [1.165, 1.54) is 77.0 Å². The molecule has 0 rings (SSSR count). The van der Waals surface area contributed by atoms with Crippen LogP contribution in [0.1, 0.15) is 90.4 Å². The van der Waals surface area contributed by atoms with Gasteiger partial charge in [-0.15, -0.1) is 0 Å². The third-order valence-corrected chi connectivity index (χ3v) is 3.97. The third-order valence-electron chi connectivity index (χ3n) is 3.97. The van der Waals surface area contributed by atoms with Gasteiger partial charge in [0.2, 0.25) is 0 Å². The monoisotopic (exact) mass is 285 g/mol. The zero-order chi connectivity index (χ0) is 15.1. The standard InChI is InChI=1S/C18H39NO/c1-4-5-6-7-8-9-10-11-12-13-14-15-16-18(20)17-19(2)3/h18,20H,4-17H2,1-3H3. The Hall–Kier alpha value is -0.0800.